The van der Waals surface area contributed by atoms with E-state index < -0.39 is 0 Å². The van der Waals surface area contributed by atoms with E-state index in [4.69, 9.17) is 0 Å². The molecule has 0 saturated carbocycles. The molecule has 1 amide bonds. The predicted octanol–water partition coefficient (Wildman–Crippen LogP) is 2.29. The molecule has 0 radical (unpaired) electrons. The van der Waals surface area contributed by atoms with E-state index in [0.29, 0.717) is 13.0 Å². The van der Waals surface area contributed by atoms with Crippen LogP contribution in [0.3, 0.4) is 0 Å². The Hall–Kier alpha value is -2.41. The summed E-state index contributed by atoms with van der Waals surface area (Å²) in [5, 5.41) is 12.7. The molecule has 25 heavy (non-hydrogen) atoms. The van der Waals surface area contributed by atoms with Crippen LogP contribution in [0, 0.1) is 6.92 Å². The third-order valence-corrected chi connectivity index (χ3v) is 5.01. The summed E-state index contributed by atoms with van der Waals surface area (Å²) >= 11 is 1.67. The number of amides is 1. The van der Waals surface area contributed by atoms with Gasteiger partial charge in [0.1, 0.15) is 0 Å². The average molecular weight is 357 g/mol. The zero-order valence-electron chi connectivity index (χ0n) is 14.5. The maximum absolute atomic E-state index is 11.9. The predicted molar refractivity (Wildman–Crippen MR) is 102 cm³/mol. The molecular formula is C18H23N5OS. The second-order valence-corrected chi connectivity index (χ2v) is 7.09. The van der Waals surface area contributed by atoms with E-state index in [1.54, 1.807) is 18.4 Å². The number of rotatable bonds is 5. The Kier molecular flexibility index (Phi) is 5.65. The third kappa shape index (κ3) is 4.57. The molecule has 0 fully saturated rings. The zero-order valence-corrected chi connectivity index (χ0v) is 15.3. The molecule has 3 N–H and O–H groups in total. The van der Waals surface area contributed by atoms with Gasteiger partial charge >= 0.3 is 0 Å². The van der Waals surface area contributed by atoms with Gasteiger partial charge in [0.05, 0.1) is 10.7 Å². The Bertz CT molecular complexity index is 770. The van der Waals surface area contributed by atoms with Crippen LogP contribution in [0.4, 0.5) is 5.69 Å². The highest BCUT2D eigenvalue weighted by Crippen LogP contribution is 2.31. The Morgan fingerprint density at radius 2 is 2.24 bits per heavy atom. The number of nitrogens with one attached hydrogen (secondary N) is 3. The topological polar surface area (TPSA) is 78.4 Å². The van der Waals surface area contributed by atoms with Gasteiger partial charge in [0.2, 0.25) is 5.91 Å². The van der Waals surface area contributed by atoms with Crippen molar-refractivity contribution in [1.82, 2.24) is 15.6 Å². The number of fused-ring (bicyclic) bond motifs is 1. The maximum atomic E-state index is 11.9. The summed E-state index contributed by atoms with van der Waals surface area (Å²) in [7, 11) is 1.75. The summed E-state index contributed by atoms with van der Waals surface area (Å²) in [6.45, 7) is 3.45. The van der Waals surface area contributed by atoms with Crippen LogP contribution < -0.4 is 16.0 Å². The van der Waals surface area contributed by atoms with E-state index in [0.717, 1.165) is 35.3 Å². The highest BCUT2D eigenvalue weighted by Gasteiger charge is 2.24. The fourth-order valence-electron chi connectivity index (χ4n) is 2.96. The van der Waals surface area contributed by atoms with Crippen molar-refractivity contribution in [2.75, 3.05) is 25.5 Å². The van der Waals surface area contributed by atoms with Gasteiger partial charge in [-0.05, 0) is 18.6 Å². The maximum Gasteiger partial charge on any atom is 0.225 e. The molecule has 0 saturated heterocycles. The number of para-hydroxylation sites is 1. The van der Waals surface area contributed by atoms with Gasteiger partial charge < -0.3 is 16.0 Å². The van der Waals surface area contributed by atoms with Crippen molar-refractivity contribution >= 4 is 28.9 Å². The lowest BCUT2D eigenvalue weighted by molar-refractivity contribution is -0.116. The lowest BCUT2D eigenvalue weighted by Crippen LogP contribution is -2.41. The Balaban J connectivity index is 1.52. The molecule has 3 rings (SSSR count). The van der Waals surface area contributed by atoms with Crippen molar-refractivity contribution in [3.05, 3.63) is 45.9 Å². The first-order valence-electron chi connectivity index (χ1n) is 8.40. The standard InChI is InChI=1S/C18H23N5OS/c1-12-22-14(11-25-12)7-8-20-18(19-2)21-10-13-9-17(24)23-16-6-4-3-5-15(13)16/h3-6,11,13H,7-10H2,1-2H3,(H,23,24)(H2,19,20,21). The van der Waals surface area contributed by atoms with Gasteiger partial charge in [0.25, 0.3) is 0 Å². The number of thiazole rings is 1. The van der Waals surface area contributed by atoms with Crippen LogP contribution in [0.5, 0.6) is 0 Å². The Morgan fingerprint density at radius 3 is 3.00 bits per heavy atom. The van der Waals surface area contributed by atoms with Crippen LogP contribution in [-0.4, -0.2) is 37.0 Å². The fraction of sp³-hybridized carbons (Fsp3) is 0.389. The Morgan fingerprint density at radius 1 is 1.40 bits per heavy atom. The molecule has 1 aliphatic rings. The molecule has 7 heteroatoms. The highest BCUT2D eigenvalue weighted by molar-refractivity contribution is 7.09. The first kappa shape index (κ1) is 17.4. The van der Waals surface area contributed by atoms with Crippen LogP contribution in [0.1, 0.15) is 28.6 Å². The number of anilines is 1. The minimum atomic E-state index is 0.0624. The minimum absolute atomic E-state index is 0.0624. The van der Waals surface area contributed by atoms with Crippen LogP contribution in [0.15, 0.2) is 34.6 Å². The fourth-order valence-corrected chi connectivity index (χ4v) is 3.60. The number of hydrogen-bond acceptors (Lipinski definition) is 4. The van der Waals surface area contributed by atoms with Crippen molar-refractivity contribution < 1.29 is 4.79 Å². The first-order valence-corrected chi connectivity index (χ1v) is 9.28. The monoisotopic (exact) mass is 357 g/mol. The molecular weight excluding hydrogens is 334 g/mol. The number of carbonyl (C=O) groups excluding carboxylic acids is 1. The molecule has 1 unspecified atom stereocenters. The van der Waals surface area contributed by atoms with E-state index in [1.807, 2.05) is 25.1 Å². The SMILES string of the molecule is CN=C(NCCc1csc(C)n1)NCC1CC(=O)Nc2ccccc21. The number of carbonyl (C=O) groups is 1. The summed E-state index contributed by atoms with van der Waals surface area (Å²) in [5.74, 6) is 0.951. The molecule has 0 spiro atoms. The molecule has 1 aliphatic heterocycles. The van der Waals surface area contributed by atoms with Gasteiger partial charge in [-0.2, -0.15) is 0 Å². The second-order valence-electron chi connectivity index (χ2n) is 6.02. The number of benzene rings is 1. The molecule has 1 atom stereocenters. The zero-order chi connectivity index (χ0) is 17.6. The molecule has 1 aromatic heterocycles. The van der Waals surface area contributed by atoms with Crippen molar-refractivity contribution in [1.29, 1.82) is 0 Å². The summed E-state index contributed by atoms with van der Waals surface area (Å²) in [5.41, 5.74) is 3.18. The van der Waals surface area contributed by atoms with E-state index in [2.05, 4.69) is 37.4 Å². The number of aryl methyl sites for hydroxylation is 1. The molecule has 2 aromatic rings. The van der Waals surface area contributed by atoms with E-state index >= 15 is 0 Å². The summed E-state index contributed by atoms with van der Waals surface area (Å²) in [4.78, 5) is 20.6. The van der Waals surface area contributed by atoms with Gasteiger partial charge in [-0.15, -0.1) is 11.3 Å². The van der Waals surface area contributed by atoms with Crippen molar-refractivity contribution in [2.24, 2.45) is 4.99 Å². The smallest absolute Gasteiger partial charge is 0.225 e. The molecule has 6 nitrogen and oxygen atoms in total. The number of aromatic nitrogens is 1. The number of nitrogens with zero attached hydrogens (tertiary/aromatic N) is 2. The van der Waals surface area contributed by atoms with Gasteiger partial charge in [-0.3, -0.25) is 9.79 Å². The van der Waals surface area contributed by atoms with E-state index in [-0.39, 0.29) is 11.8 Å². The minimum Gasteiger partial charge on any atom is -0.356 e. The molecule has 1 aromatic carbocycles. The van der Waals surface area contributed by atoms with Crippen LogP contribution >= 0.6 is 11.3 Å². The summed E-state index contributed by atoms with van der Waals surface area (Å²) in [6.07, 6.45) is 1.35. The number of hydrogen-bond donors (Lipinski definition) is 3. The number of guanidine groups is 1. The van der Waals surface area contributed by atoms with Crippen molar-refractivity contribution in [3.8, 4) is 0 Å². The second kappa shape index (κ2) is 8.11. The van der Waals surface area contributed by atoms with Crippen molar-refractivity contribution in [2.45, 2.75) is 25.7 Å². The summed E-state index contributed by atoms with van der Waals surface area (Å²) < 4.78 is 0. The van der Waals surface area contributed by atoms with Crippen molar-refractivity contribution in [3.63, 3.8) is 0 Å². The van der Waals surface area contributed by atoms with Gasteiger partial charge in [0, 0.05) is 50.0 Å². The van der Waals surface area contributed by atoms with Crippen LogP contribution in [-0.2, 0) is 11.2 Å². The summed E-state index contributed by atoms with van der Waals surface area (Å²) in [6, 6.07) is 7.96. The molecule has 2 heterocycles. The Labute approximate surface area is 151 Å². The third-order valence-electron chi connectivity index (χ3n) is 4.19. The average Bonchev–Trinajstić information content (AvgIpc) is 3.02. The quantitative estimate of drug-likeness (QED) is 0.567. The lowest BCUT2D eigenvalue weighted by Gasteiger charge is -2.26. The van der Waals surface area contributed by atoms with E-state index in [1.165, 1.54) is 5.56 Å². The molecule has 132 valence electrons. The lowest BCUT2D eigenvalue weighted by atomic mass is 9.90. The largest absolute Gasteiger partial charge is 0.356 e. The number of aliphatic imine (C=N–C) groups is 1. The van der Waals surface area contributed by atoms with Crippen LogP contribution in [0.2, 0.25) is 0 Å². The van der Waals surface area contributed by atoms with Gasteiger partial charge in [-0.25, -0.2) is 4.98 Å². The normalized spacial score (nSPS) is 17.0. The molecule has 0 aliphatic carbocycles. The van der Waals surface area contributed by atoms with E-state index in [9.17, 15) is 4.79 Å². The highest BCUT2D eigenvalue weighted by atomic mass is 32.1. The van der Waals surface area contributed by atoms with Gasteiger partial charge in [0.15, 0.2) is 5.96 Å². The molecule has 0 bridgehead atoms. The van der Waals surface area contributed by atoms with Crippen LogP contribution in [0.25, 0.3) is 0 Å². The first-order chi connectivity index (χ1) is 12.2. The van der Waals surface area contributed by atoms with Gasteiger partial charge in [-0.1, -0.05) is 18.2 Å².